The summed E-state index contributed by atoms with van der Waals surface area (Å²) in [5.41, 5.74) is 3.94. The third kappa shape index (κ3) is 7.73. The lowest BCUT2D eigenvalue weighted by atomic mass is 9.98. The average molecular weight is 483 g/mol. The summed E-state index contributed by atoms with van der Waals surface area (Å²) in [4.78, 5) is 35.5. The standard InChI is InChI=1S/C27H34N2O6/c1-27(2,3)35-25(32)28-15-9-8-10-18(16-24(30)31)29-26(33)34-17-23-21-13-6-4-11-19(21)20-12-5-7-14-22(20)23/h4-7,11-14,18,23H,8-10,15-17H2,1-3H3,(H,28,32)(H,29,33)(H,30,31)/t18-/m0/s1. The van der Waals surface area contributed by atoms with Gasteiger partial charge in [0.15, 0.2) is 0 Å². The Balaban J connectivity index is 1.47. The second-order valence-electron chi connectivity index (χ2n) is 9.69. The van der Waals surface area contributed by atoms with Gasteiger partial charge in [-0.1, -0.05) is 48.5 Å². The third-order valence-electron chi connectivity index (χ3n) is 5.73. The first-order chi connectivity index (χ1) is 16.6. The third-order valence-corrected chi connectivity index (χ3v) is 5.73. The summed E-state index contributed by atoms with van der Waals surface area (Å²) in [6.07, 6.45) is 0.372. The van der Waals surface area contributed by atoms with Gasteiger partial charge >= 0.3 is 18.2 Å². The summed E-state index contributed by atoms with van der Waals surface area (Å²) in [5, 5.41) is 14.6. The SMILES string of the molecule is CC(C)(C)OC(=O)NCCCC[C@@H](CC(=O)O)NC(=O)OCC1c2ccccc2-c2ccccc21. The Labute approximate surface area is 206 Å². The summed E-state index contributed by atoms with van der Waals surface area (Å²) in [7, 11) is 0. The minimum atomic E-state index is -0.999. The maximum atomic E-state index is 12.5. The number of carboxylic acids is 1. The quantitative estimate of drug-likeness (QED) is 0.408. The molecule has 35 heavy (non-hydrogen) atoms. The molecule has 2 aromatic rings. The molecule has 0 saturated carbocycles. The average Bonchev–Trinajstić information content (AvgIpc) is 3.09. The molecule has 1 atom stereocenters. The van der Waals surface area contributed by atoms with Gasteiger partial charge in [0.25, 0.3) is 0 Å². The Morgan fingerprint density at radius 2 is 1.54 bits per heavy atom. The first kappa shape index (κ1) is 26.1. The number of unbranched alkanes of at least 4 members (excludes halogenated alkanes) is 1. The van der Waals surface area contributed by atoms with Crippen LogP contribution in [0.15, 0.2) is 48.5 Å². The van der Waals surface area contributed by atoms with Crippen LogP contribution >= 0.6 is 0 Å². The number of rotatable bonds is 10. The first-order valence-electron chi connectivity index (χ1n) is 11.9. The monoisotopic (exact) mass is 482 g/mol. The van der Waals surface area contributed by atoms with Crippen LogP contribution in [0.1, 0.15) is 63.5 Å². The van der Waals surface area contributed by atoms with Crippen LogP contribution in [0.5, 0.6) is 0 Å². The van der Waals surface area contributed by atoms with E-state index in [-0.39, 0.29) is 18.9 Å². The fraction of sp³-hybridized carbons (Fsp3) is 0.444. The summed E-state index contributed by atoms with van der Waals surface area (Å²) in [5.74, 6) is -1.06. The molecule has 0 spiro atoms. The zero-order chi connectivity index (χ0) is 25.4. The zero-order valence-corrected chi connectivity index (χ0v) is 20.5. The topological polar surface area (TPSA) is 114 Å². The Hall–Kier alpha value is -3.55. The molecule has 0 unspecified atom stereocenters. The van der Waals surface area contributed by atoms with E-state index in [2.05, 4.69) is 22.8 Å². The molecule has 0 bridgehead atoms. The van der Waals surface area contributed by atoms with Crippen molar-refractivity contribution >= 4 is 18.2 Å². The van der Waals surface area contributed by atoms with E-state index in [4.69, 9.17) is 9.47 Å². The second-order valence-corrected chi connectivity index (χ2v) is 9.69. The normalized spacial score (nSPS) is 13.3. The molecule has 1 aliphatic carbocycles. The van der Waals surface area contributed by atoms with Gasteiger partial charge in [0.2, 0.25) is 0 Å². The van der Waals surface area contributed by atoms with Crippen molar-refractivity contribution in [2.24, 2.45) is 0 Å². The summed E-state index contributed by atoms with van der Waals surface area (Å²) < 4.78 is 10.7. The minimum absolute atomic E-state index is 0.0648. The lowest BCUT2D eigenvalue weighted by Gasteiger charge is -2.20. The van der Waals surface area contributed by atoms with Crippen LogP contribution in [0.3, 0.4) is 0 Å². The molecule has 0 fully saturated rings. The van der Waals surface area contributed by atoms with Crippen LogP contribution in [0.4, 0.5) is 9.59 Å². The number of carbonyl (C=O) groups is 3. The molecular formula is C27H34N2O6. The van der Waals surface area contributed by atoms with Crippen LogP contribution < -0.4 is 10.6 Å². The Kier molecular flexibility index (Phi) is 8.73. The molecule has 0 saturated heterocycles. The van der Waals surface area contributed by atoms with Gasteiger partial charge in [-0.25, -0.2) is 9.59 Å². The molecule has 188 valence electrons. The van der Waals surface area contributed by atoms with Crippen molar-refractivity contribution in [3.05, 3.63) is 59.7 Å². The molecule has 2 aromatic carbocycles. The number of hydrogen-bond acceptors (Lipinski definition) is 5. The summed E-state index contributed by atoms with van der Waals surface area (Å²) >= 11 is 0. The molecule has 3 rings (SSSR count). The van der Waals surface area contributed by atoms with Gasteiger partial charge in [-0.3, -0.25) is 4.79 Å². The van der Waals surface area contributed by atoms with E-state index >= 15 is 0 Å². The van der Waals surface area contributed by atoms with Gasteiger partial charge in [0, 0.05) is 18.5 Å². The smallest absolute Gasteiger partial charge is 0.407 e. The highest BCUT2D eigenvalue weighted by molar-refractivity contribution is 5.79. The molecule has 0 aromatic heterocycles. The first-order valence-corrected chi connectivity index (χ1v) is 11.9. The van der Waals surface area contributed by atoms with Gasteiger partial charge in [0.1, 0.15) is 12.2 Å². The van der Waals surface area contributed by atoms with Gasteiger partial charge < -0.3 is 25.2 Å². The molecule has 8 heteroatoms. The molecule has 0 aliphatic heterocycles. The Bertz CT molecular complexity index is 1000. The molecule has 1 aliphatic rings. The van der Waals surface area contributed by atoms with Crippen LogP contribution in [0.25, 0.3) is 11.1 Å². The Morgan fingerprint density at radius 1 is 0.943 bits per heavy atom. The van der Waals surface area contributed by atoms with E-state index in [9.17, 15) is 19.5 Å². The largest absolute Gasteiger partial charge is 0.481 e. The van der Waals surface area contributed by atoms with Crippen LogP contribution in [-0.4, -0.2) is 48.1 Å². The maximum Gasteiger partial charge on any atom is 0.407 e. The van der Waals surface area contributed by atoms with Crippen molar-refractivity contribution in [3.63, 3.8) is 0 Å². The van der Waals surface area contributed by atoms with Crippen molar-refractivity contribution < 1.29 is 29.0 Å². The number of ether oxygens (including phenoxy) is 2. The molecule has 3 N–H and O–H groups in total. The summed E-state index contributed by atoms with van der Waals surface area (Å²) in [6.45, 7) is 5.94. The predicted molar refractivity (Wildman–Crippen MR) is 132 cm³/mol. The fourth-order valence-electron chi connectivity index (χ4n) is 4.26. The number of aliphatic carboxylic acids is 1. The highest BCUT2D eigenvalue weighted by Gasteiger charge is 2.29. The lowest BCUT2D eigenvalue weighted by Crippen LogP contribution is -2.37. The number of hydrogen-bond donors (Lipinski definition) is 3. The van der Waals surface area contributed by atoms with Gasteiger partial charge in [-0.15, -0.1) is 0 Å². The number of benzene rings is 2. The minimum Gasteiger partial charge on any atom is -0.481 e. The van der Waals surface area contributed by atoms with Crippen molar-refractivity contribution in [2.45, 2.75) is 64.0 Å². The van der Waals surface area contributed by atoms with Crippen molar-refractivity contribution in [1.82, 2.24) is 10.6 Å². The highest BCUT2D eigenvalue weighted by Crippen LogP contribution is 2.44. The van der Waals surface area contributed by atoms with E-state index in [1.807, 2.05) is 36.4 Å². The van der Waals surface area contributed by atoms with Gasteiger partial charge in [0.05, 0.1) is 6.42 Å². The Morgan fingerprint density at radius 3 is 2.11 bits per heavy atom. The fourth-order valence-corrected chi connectivity index (χ4v) is 4.26. The maximum absolute atomic E-state index is 12.5. The summed E-state index contributed by atoms with van der Waals surface area (Å²) in [6, 6.07) is 15.6. The number of fused-ring (bicyclic) bond motifs is 3. The molecule has 2 amide bonds. The van der Waals surface area contributed by atoms with Crippen LogP contribution in [0.2, 0.25) is 0 Å². The van der Waals surface area contributed by atoms with E-state index in [1.165, 1.54) is 0 Å². The number of nitrogens with one attached hydrogen (secondary N) is 2. The zero-order valence-electron chi connectivity index (χ0n) is 20.5. The number of alkyl carbamates (subject to hydrolysis) is 2. The van der Waals surface area contributed by atoms with Gasteiger partial charge in [-0.2, -0.15) is 0 Å². The number of amides is 2. The highest BCUT2D eigenvalue weighted by atomic mass is 16.6. The molecule has 8 nitrogen and oxygen atoms in total. The number of carboxylic acid groups (broad SMARTS) is 1. The van der Waals surface area contributed by atoms with Gasteiger partial charge in [-0.05, 0) is 62.3 Å². The van der Waals surface area contributed by atoms with E-state index < -0.39 is 29.8 Å². The number of carbonyl (C=O) groups excluding carboxylic acids is 2. The van der Waals surface area contributed by atoms with E-state index in [0.29, 0.717) is 25.8 Å². The van der Waals surface area contributed by atoms with Crippen LogP contribution in [0, 0.1) is 0 Å². The van der Waals surface area contributed by atoms with E-state index in [1.54, 1.807) is 20.8 Å². The lowest BCUT2D eigenvalue weighted by molar-refractivity contribution is -0.137. The molecule has 0 heterocycles. The van der Waals surface area contributed by atoms with Crippen molar-refractivity contribution in [1.29, 1.82) is 0 Å². The molecular weight excluding hydrogens is 448 g/mol. The molecule has 0 radical (unpaired) electrons. The van der Waals surface area contributed by atoms with Crippen molar-refractivity contribution in [3.8, 4) is 11.1 Å². The van der Waals surface area contributed by atoms with E-state index in [0.717, 1.165) is 22.3 Å². The second kappa shape index (κ2) is 11.7. The van der Waals surface area contributed by atoms with Crippen molar-refractivity contribution in [2.75, 3.05) is 13.2 Å². The predicted octanol–water partition coefficient (Wildman–Crippen LogP) is 5.06. The van der Waals surface area contributed by atoms with Crippen LogP contribution in [-0.2, 0) is 14.3 Å².